The highest BCUT2D eigenvalue weighted by Gasteiger charge is 2.44. The molecule has 1 unspecified atom stereocenters. The summed E-state index contributed by atoms with van der Waals surface area (Å²) in [5.74, 6) is 0.0571. The zero-order valence-electron chi connectivity index (χ0n) is 13.1. The highest BCUT2D eigenvalue weighted by Crippen LogP contribution is 2.32. The third-order valence-electron chi connectivity index (χ3n) is 3.71. The molecule has 22 heavy (non-hydrogen) atoms. The third-order valence-corrected chi connectivity index (χ3v) is 3.71. The Kier molecular flexibility index (Phi) is 5.31. The van der Waals surface area contributed by atoms with E-state index in [2.05, 4.69) is 10.3 Å². The molecular formula is C17H22N2O3. The predicted octanol–water partition coefficient (Wildman–Crippen LogP) is 2.45. The van der Waals surface area contributed by atoms with Gasteiger partial charge in [0, 0.05) is 19.0 Å². The zero-order valence-corrected chi connectivity index (χ0v) is 13.1. The summed E-state index contributed by atoms with van der Waals surface area (Å²) in [5.41, 5.74) is 0.00830. The average Bonchev–Trinajstić information content (AvgIpc) is 2.82. The van der Waals surface area contributed by atoms with Crippen LogP contribution >= 0.6 is 0 Å². The summed E-state index contributed by atoms with van der Waals surface area (Å²) in [7, 11) is 0. The van der Waals surface area contributed by atoms with Gasteiger partial charge in [-0.25, -0.2) is 9.79 Å². The Hall–Kier alpha value is -2.17. The SMILES string of the molecule is CCCC1(CCCNC(C)=O)N=C(c2ccccc2)OC1=O. The molecule has 0 fully saturated rings. The predicted molar refractivity (Wildman–Crippen MR) is 84.6 cm³/mol. The largest absolute Gasteiger partial charge is 0.405 e. The fraction of sp³-hybridized carbons (Fsp3) is 0.471. The summed E-state index contributed by atoms with van der Waals surface area (Å²) in [6.45, 7) is 4.06. The smallest absolute Gasteiger partial charge is 0.340 e. The van der Waals surface area contributed by atoms with Crippen LogP contribution in [0.3, 0.4) is 0 Å². The fourth-order valence-electron chi connectivity index (χ4n) is 2.65. The van der Waals surface area contributed by atoms with Crippen LogP contribution in [0.4, 0.5) is 0 Å². The van der Waals surface area contributed by atoms with Crippen molar-refractivity contribution in [3.05, 3.63) is 35.9 Å². The van der Waals surface area contributed by atoms with Gasteiger partial charge in [-0.2, -0.15) is 0 Å². The lowest BCUT2D eigenvalue weighted by Crippen LogP contribution is -2.35. The highest BCUT2D eigenvalue weighted by molar-refractivity contribution is 6.07. The van der Waals surface area contributed by atoms with Crippen LogP contribution in [0.2, 0.25) is 0 Å². The van der Waals surface area contributed by atoms with E-state index in [4.69, 9.17) is 4.74 Å². The fourth-order valence-corrected chi connectivity index (χ4v) is 2.65. The Morgan fingerprint density at radius 1 is 1.27 bits per heavy atom. The van der Waals surface area contributed by atoms with E-state index >= 15 is 0 Å². The molecule has 0 saturated carbocycles. The Labute approximate surface area is 130 Å². The number of esters is 1. The summed E-state index contributed by atoms with van der Waals surface area (Å²) < 4.78 is 5.42. The summed E-state index contributed by atoms with van der Waals surface area (Å²) in [6.07, 6.45) is 2.78. The van der Waals surface area contributed by atoms with Crippen molar-refractivity contribution in [2.24, 2.45) is 4.99 Å². The maximum absolute atomic E-state index is 12.4. The Morgan fingerprint density at radius 2 is 2.00 bits per heavy atom. The van der Waals surface area contributed by atoms with Gasteiger partial charge in [0.2, 0.25) is 11.8 Å². The summed E-state index contributed by atoms with van der Waals surface area (Å²) >= 11 is 0. The maximum atomic E-state index is 12.4. The van der Waals surface area contributed by atoms with E-state index in [1.54, 1.807) is 0 Å². The number of nitrogens with zero attached hydrogens (tertiary/aromatic N) is 1. The number of amides is 1. The molecule has 1 atom stereocenters. The van der Waals surface area contributed by atoms with Gasteiger partial charge in [-0.05, 0) is 31.4 Å². The summed E-state index contributed by atoms with van der Waals surface area (Å²) in [6, 6.07) is 9.45. The van der Waals surface area contributed by atoms with Crippen LogP contribution in [-0.2, 0) is 14.3 Å². The molecule has 1 aromatic carbocycles. The number of carbonyl (C=O) groups excluding carboxylic acids is 2. The first-order valence-electron chi connectivity index (χ1n) is 7.69. The molecule has 0 aliphatic carbocycles. The lowest BCUT2D eigenvalue weighted by atomic mass is 9.89. The van der Waals surface area contributed by atoms with E-state index in [1.165, 1.54) is 6.92 Å². The van der Waals surface area contributed by atoms with E-state index in [0.717, 1.165) is 12.0 Å². The number of rotatable bonds is 7. The van der Waals surface area contributed by atoms with Crippen LogP contribution in [0.5, 0.6) is 0 Å². The van der Waals surface area contributed by atoms with Gasteiger partial charge in [0.25, 0.3) is 0 Å². The minimum atomic E-state index is -0.807. The molecule has 1 N–H and O–H groups in total. The molecule has 0 spiro atoms. The Balaban J connectivity index is 2.13. The molecule has 1 aromatic rings. The molecule has 5 heteroatoms. The second-order valence-electron chi connectivity index (χ2n) is 5.54. The number of hydrogen-bond donors (Lipinski definition) is 1. The van der Waals surface area contributed by atoms with Crippen molar-refractivity contribution in [3.63, 3.8) is 0 Å². The molecule has 1 aliphatic rings. The lowest BCUT2D eigenvalue weighted by molar-refractivity contribution is -0.139. The molecule has 2 rings (SSSR count). The van der Waals surface area contributed by atoms with Gasteiger partial charge >= 0.3 is 5.97 Å². The molecule has 1 heterocycles. The minimum absolute atomic E-state index is 0.0629. The quantitative estimate of drug-likeness (QED) is 0.621. The molecule has 118 valence electrons. The van der Waals surface area contributed by atoms with Gasteiger partial charge in [-0.15, -0.1) is 0 Å². The number of ether oxygens (including phenoxy) is 1. The first-order chi connectivity index (χ1) is 10.6. The van der Waals surface area contributed by atoms with Gasteiger partial charge in [0.05, 0.1) is 0 Å². The van der Waals surface area contributed by atoms with Crippen LogP contribution in [0.15, 0.2) is 35.3 Å². The molecule has 0 bridgehead atoms. The molecule has 1 aliphatic heterocycles. The third kappa shape index (κ3) is 3.72. The maximum Gasteiger partial charge on any atom is 0.340 e. The van der Waals surface area contributed by atoms with Crippen molar-refractivity contribution in [1.82, 2.24) is 5.32 Å². The molecule has 0 aromatic heterocycles. The highest BCUT2D eigenvalue weighted by atomic mass is 16.6. The van der Waals surface area contributed by atoms with E-state index < -0.39 is 5.54 Å². The zero-order chi connectivity index (χ0) is 16.0. The summed E-state index contributed by atoms with van der Waals surface area (Å²) in [4.78, 5) is 27.9. The van der Waals surface area contributed by atoms with Crippen molar-refractivity contribution in [3.8, 4) is 0 Å². The van der Waals surface area contributed by atoms with Crippen molar-refractivity contribution in [1.29, 1.82) is 0 Å². The molecule has 0 radical (unpaired) electrons. The normalized spacial score (nSPS) is 20.5. The van der Waals surface area contributed by atoms with Crippen molar-refractivity contribution in [2.75, 3.05) is 6.54 Å². The first-order valence-corrected chi connectivity index (χ1v) is 7.69. The number of aliphatic imine (C=N–C) groups is 1. The van der Waals surface area contributed by atoms with Gasteiger partial charge in [0.1, 0.15) is 0 Å². The molecule has 0 saturated heterocycles. The van der Waals surface area contributed by atoms with Crippen LogP contribution in [0, 0.1) is 0 Å². The van der Waals surface area contributed by atoms with Crippen LogP contribution in [-0.4, -0.2) is 29.9 Å². The van der Waals surface area contributed by atoms with Gasteiger partial charge in [-0.3, -0.25) is 4.79 Å². The second-order valence-corrected chi connectivity index (χ2v) is 5.54. The number of cyclic esters (lactones) is 1. The Morgan fingerprint density at radius 3 is 2.64 bits per heavy atom. The van der Waals surface area contributed by atoms with E-state index in [1.807, 2.05) is 37.3 Å². The monoisotopic (exact) mass is 302 g/mol. The Bertz CT molecular complexity index is 569. The minimum Gasteiger partial charge on any atom is -0.405 e. The van der Waals surface area contributed by atoms with E-state index in [-0.39, 0.29) is 11.9 Å². The van der Waals surface area contributed by atoms with Crippen molar-refractivity contribution >= 4 is 17.8 Å². The van der Waals surface area contributed by atoms with Crippen LogP contribution < -0.4 is 5.32 Å². The molecule has 5 nitrogen and oxygen atoms in total. The van der Waals surface area contributed by atoms with Gasteiger partial charge in [-0.1, -0.05) is 31.5 Å². The number of nitrogens with one attached hydrogen (secondary N) is 1. The standard InChI is InChI=1S/C17H22N2O3/c1-3-10-17(11-7-12-18-13(2)20)16(21)22-15(19-17)14-8-5-4-6-9-14/h4-6,8-9H,3,7,10-12H2,1-2H3,(H,18,20). The first kappa shape index (κ1) is 16.2. The van der Waals surface area contributed by atoms with Crippen molar-refractivity contribution in [2.45, 2.75) is 45.1 Å². The number of benzene rings is 1. The number of carbonyl (C=O) groups is 2. The number of hydrogen-bond acceptors (Lipinski definition) is 4. The van der Waals surface area contributed by atoms with Gasteiger partial charge in [0.15, 0.2) is 5.54 Å². The molecule has 1 amide bonds. The van der Waals surface area contributed by atoms with E-state index in [9.17, 15) is 9.59 Å². The van der Waals surface area contributed by atoms with Gasteiger partial charge < -0.3 is 10.1 Å². The lowest BCUT2D eigenvalue weighted by Gasteiger charge is -2.21. The second kappa shape index (κ2) is 7.20. The van der Waals surface area contributed by atoms with Crippen molar-refractivity contribution < 1.29 is 14.3 Å². The topological polar surface area (TPSA) is 67.8 Å². The summed E-state index contributed by atoms with van der Waals surface area (Å²) in [5, 5.41) is 2.75. The van der Waals surface area contributed by atoms with Crippen LogP contribution in [0.25, 0.3) is 0 Å². The molecular weight excluding hydrogens is 280 g/mol. The average molecular weight is 302 g/mol. The van der Waals surface area contributed by atoms with Crippen LogP contribution in [0.1, 0.15) is 45.1 Å². The van der Waals surface area contributed by atoms with E-state index in [0.29, 0.717) is 31.7 Å².